The standard InChI is InChI=1S/C18H26N2/c1-2-14-7-9-15(10-8-14)11-19-12-16-13-20-18-6-4-3-5-17(16)18/h3-6,13-15,19-20H,2,7-12H2,1H3. The summed E-state index contributed by atoms with van der Waals surface area (Å²) in [6, 6.07) is 8.55. The second-order valence-electron chi connectivity index (χ2n) is 6.29. The molecule has 0 saturated heterocycles. The van der Waals surface area contributed by atoms with E-state index in [-0.39, 0.29) is 0 Å². The third-order valence-corrected chi connectivity index (χ3v) is 4.97. The number of para-hydroxylation sites is 1. The van der Waals surface area contributed by atoms with Gasteiger partial charge in [-0.3, -0.25) is 0 Å². The van der Waals surface area contributed by atoms with Crippen molar-refractivity contribution in [3.8, 4) is 0 Å². The zero-order valence-corrected chi connectivity index (χ0v) is 12.5. The Balaban J connectivity index is 1.48. The number of hydrogen-bond donors (Lipinski definition) is 2. The average Bonchev–Trinajstić information content (AvgIpc) is 2.92. The summed E-state index contributed by atoms with van der Waals surface area (Å²) in [4.78, 5) is 3.35. The van der Waals surface area contributed by atoms with Gasteiger partial charge in [-0.1, -0.05) is 44.4 Å². The van der Waals surface area contributed by atoms with E-state index < -0.39 is 0 Å². The summed E-state index contributed by atoms with van der Waals surface area (Å²) in [6.07, 6.45) is 9.23. The highest BCUT2D eigenvalue weighted by Gasteiger charge is 2.19. The van der Waals surface area contributed by atoms with Crippen molar-refractivity contribution >= 4 is 10.9 Å². The highest BCUT2D eigenvalue weighted by atomic mass is 14.9. The monoisotopic (exact) mass is 270 g/mol. The number of benzene rings is 1. The predicted octanol–water partition coefficient (Wildman–Crippen LogP) is 4.47. The van der Waals surface area contributed by atoms with Crippen molar-refractivity contribution < 1.29 is 0 Å². The Morgan fingerprint density at radius 3 is 2.65 bits per heavy atom. The van der Waals surface area contributed by atoms with Gasteiger partial charge in [0.05, 0.1) is 0 Å². The van der Waals surface area contributed by atoms with Crippen LogP contribution >= 0.6 is 0 Å². The summed E-state index contributed by atoms with van der Waals surface area (Å²) >= 11 is 0. The summed E-state index contributed by atoms with van der Waals surface area (Å²) in [6.45, 7) is 4.49. The lowest BCUT2D eigenvalue weighted by Crippen LogP contribution is -2.26. The SMILES string of the molecule is CCC1CCC(CNCc2c[nH]c3ccccc23)CC1. The smallest absolute Gasteiger partial charge is 0.0457 e. The van der Waals surface area contributed by atoms with Crippen molar-refractivity contribution in [2.45, 2.75) is 45.6 Å². The first-order chi connectivity index (χ1) is 9.86. The largest absolute Gasteiger partial charge is 0.361 e. The van der Waals surface area contributed by atoms with Crippen LogP contribution in [0.25, 0.3) is 10.9 Å². The molecule has 3 rings (SSSR count). The van der Waals surface area contributed by atoms with E-state index in [0.717, 1.165) is 18.4 Å². The van der Waals surface area contributed by atoms with Crippen molar-refractivity contribution in [1.29, 1.82) is 0 Å². The Morgan fingerprint density at radius 1 is 1.10 bits per heavy atom. The van der Waals surface area contributed by atoms with Crippen LogP contribution in [0, 0.1) is 11.8 Å². The molecule has 0 amide bonds. The normalized spacial score (nSPS) is 23.2. The maximum Gasteiger partial charge on any atom is 0.0457 e. The first-order valence-corrected chi connectivity index (χ1v) is 8.12. The lowest BCUT2D eigenvalue weighted by atomic mass is 9.81. The molecule has 2 heteroatoms. The molecular weight excluding hydrogens is 244 g/mol. The van der Waals surface area contributed by atoms with Crippen LogP contribution in [0.2, 0.25) is 0 Å². The van der Waals surface area contributed by atoms with Crippen LogP contribution in [0.1, 0.15) is 44.6 Å². The maximum atomic E-state index is 3.66. The van der Waals surface area contributed by atoms with E-state index in [9.17, 15) is 0 Å². The first kappa shape index (κ1) is 13.7. The van der Waals surface area contributed by atoms with Crippen molar-refractivity contribution in [3.63, 3.8) is 0 Å². The minimum Gasteiger partial charge on any atom is -0.361 e. The number of rotatable bonds is 5. The Hall–Kier alpha value is -1.28. The molecule has 2 nitrogen and oxygen atoms in total. The fraction of sp³-hybridized carbons (Fsp3) is 0.556. The van der Waals surface area contributed by atoms with E-state index in [0.29, 0.717) is 0 Å². The molecule has 0 radical (unpaired) electrons. The van der Waals surface area contributed by atoms with Crippen LogP contribution in [0.3, 0.4) is 0 Å². The number of H-pyrrole nitrogens is 1. The fourth-order valence-corrected chi connectivity index (χ4v) is 3.53. The van der Waals surface area contributed by atoms with E-state index in [1.165, 1.54) is 55.1 Å². The van der Waals surface area contributed by atoms with Gasteiger partial charge in [-0.05, 0) is 42.9 Å². The number of fused-ring (bicyclic) bond motifs is 1. The maximum absolute atomic E-state index is 3.66. The number of nitrogens with one attached hydrogen (secondary N) is 2. The van der Waals surface area contributed by atoms with Gasteiger partial charge in [0, 0.05) is 23.6 Å². The van der Waals surface area contributed by atoms with Crippen LogP contribution in [-0.2, 0) is 6.54 Å². The summed E-state index contributed by atoms with van der Waals surface area (Å²) in [7, 11) is 0. The second-order valence-corrected chi connectivity index (χ2v) is 6.29. The van der Waals surface area contributed by atoms with Gasteiger partial charge in [0.1, 0.15) is 0 Å². The van der Waals surface area contributed by atoms with E-state index in [1.807, 2.05) is 0 Å². The molecule has 0 atom stereocenters. The van der Waals surface area contributed by atoms with Crippen molar-refractivity contribution in [2.75, 3.05) is 6.54 Å². The Kier molecular flexibility index (Phi) is 4.41. The molecule has 0 bridgehead atoms. The lowest BCUT2D eigenvalue weighted by molar-refractivity contribution is 0.262. The van der Waals surface area contributed by atoms with E-state index in [4.69, 9.17) is 0 Å². The van der Waals surface area contributed by atoms with Crippen molar-refractivity contribution in [2.24, 2.45) is 11.8 Å². The highest BCUT2D eigenvalue weighted by Crippen LogP contribution is 2.30. The van der Waals surface area contributed by atoms with Crippen LogP contribution in [0.15, 0.2) is 30.5 Å². The summed E-state index contributed by atoms with van der Waals surface area (Å²) < 4.78 is 0. The Morgan fingerprint density at radius 2 is 1.85 bits per heavy atom. The molecule has 2 N–H and O–H groups in total. The molecule has 1 saturated carbocycles. The average molecular weight is 270 g/mol. The van der Waals surface area contributed by atoms with Crippen LogP contribution < -0.4 is 5.32 Å². The van der Waals surface area contributed by atoms with Crippen molar-refractivity contribution in [1.82, 2.24) is 10.3 Å². The fourth-order valence-electron chi connectivity index (χ4n) is 3.53. The molecule has 1 aromatic heterocycles. The molecule has 1 aromatic carbocycles. The van der Waals surface area contributed by atoms with Gasteiger partial charge in [-0.25, -0.2) is 0 Å². The molecule has 0 spiro atoms. The lowest BCUT2D eigenvalue weighted by Gasteiger charge is -2.27. The van der Waals surface area contributed by atoms with Gasteiger partial charge >= 0.3 is 0 Å². The minimum absolute atomic E-state index is 0.892. The molecule has 2 aromatic rings. The number of hydrogen-bond acceptors (Lipinski definition) is 1. The third-order valence-electron chi connectivity index (χ3n) is 4.97. The Bertz CT molecular complexity index is 535. The number of aromatic nitrogens is 1. The van der Waals surface area contributed by atoms with Crippen LogP contribution in [0.5, 0.6) is 0 Å². The van der Waals surface area contributed by atoms with Crippen LogP contribution in [0.4, 0.5) is 0 Å². The summed E-state index contributed by atoms with van der Waals surface area (Å²) in [5, 5.41) is 5.02. The zero-order chi connectivity index (χ0) is 13.8. The van der Waals surface area contributed by atoms with Gasteiger partial charge < -0.3 is 10.3 Å². The molecule has 1 aliphatic rings. The van der Waals surface area contributed by atoms with E-state index in [1.54, 1.807) is 0 Å². The third kappa shape index (κ3) is 3.06. The van der Waals surface area contributed by atoms with Gasteiger partial charge in [-0.15, -0.1) is 0 Å². The molecule has 1 aliphatic carbocycles. The highest BCUT2D eigenvalue weighted by molar-refractivity contribution is 5.82. The van der Waals surface area contributed by atoms with Gasteiger partial charge in [0.2, 0.25) is 0 Å². The summed E-state index contributed by atoms with van der Waals surface area (Å²) in [5.74, 6) is 1.89. The quantitative estimate of drug-likeness (QED) is 0.824. The molecule has 0 aliphatic heterocycles. The van der Waals surface area contributed by atoms with E-state index >= 15 is 0 Å². The molecule has 108 valence electrons. The molecule has 20 heavy (non-hydrogen) atoms. The van der Waals surface area contributed by atoms with Gasteiger partial charge in [0.15, 0.2) is 0 Å². The first-order valence-electron chi connectivity index (χ1n) is 8.12. The molecular formula is C18H26N2. The minimum atomic E-state index is 0.892. The Labute approximate surface area is 122 Å². The zero-order valence-electron chi connectivity index (χ0n) is 12.5. The summed E-state index contributed by atoms with van der Waals surface area (Å²) in [5.41, 5.74) is 2.63. The van der Waals surface area contributed by atoms with Crippen molar-refractivity contribution in [3.05, 3.63) is 36.0 Å². The molecule has 1 heterocycles. The van der Waals surface area contributed by atoms with Gasteiger partial charge in [-0.2, -0.15) is 0 Å². The molecule has 0 unspecified atom stereocenters. The number of aromatic amines is 1. The van der Waals surface area contributed by atoms with Gasteiger partial charge in [0.25, 0.3) is 0 Å². The van der Waals surface area contributed by atoms with E-state index in [2.05, 4.69) is 47.7 Å². The molecule has 1 fully saturated rings. The van der Waals surface area contributed by atoms with Crippen LogP contribution in [-0.4, -0.2) is 11.5 Å². The predicted molar refractivity (Wildman–Crippen MR) is 85.7 cm³/mol. The second kappa shape index (κ2) is 6.45. The topological polar surface area (TPSA) is 27.8 Å².